The van der Waals surface area contributed by atoms with E-state index in [9.17, 15) is 14.7 Å². The molecule has 0 fully saturated rings. The van der Waals surface area contributed by atoms with E-state index in [2.05, 4.69) is 36.9 Å². The van der Waals surface area contributed by atoms with E-state index >= 15 is 0 Å². The molecule has 1 N–H and O–H groups in total. The summed E-state index contributed by atoms with van der Waals surface area (Å²) in [5.41, 5.74) is 1.64. The molecule has 0 amide bonds. The van der Waals surface area contributed by atoms with Gasteiger partial charge in [-0.2, -0.15) is 0 Å². The van der Waals surface area contributed by atoms with Gasteiger partial charge in [-0.15, -0.1) is 0 Å². The number of rotatable bonds is 5. The Balaban J connectivity index is 1.98. The van der Waals surface area contributed by atoms with E-state index in [1.165, 1.54) is 15.9 Å². The first-order valence-electron chi connectivity index (χ1n) is 10.3. The Hall–Kier alpha value is -2.69. The minimum Gasteiger partial charge on any atom is -0.507 e. The zero-order valence-electron chi connectivity index (χ0n) is 18.5. The highest BCUT2D eigenvalue weighted by Crippen LogP contribution is 2.35. The quantitative estimate of drug-likeness (QED) is 0.442. The molecule has 0 radical (unpaired) electrons. The van der Waals surface area contributed by atoms with Crippen molar-refractivity contribution in [3.05, 3.63) is 87.4 Å². The van der Waals surface area contributed by atoms with Crippen molar-refractivity contribution in [1.82, 2.24) is 4.57 Å². The van der Waals surface area contributed by atoms with Crippen LogP contribution < -0.4 is 19.6 Å². The summed E-state index contributed by atoms with van der Waals surface area (Å²) in [6, 6.07) is 9.64. The lowest BCUT2D eigenvalue weighted by molar-refractivity contribution is -0.139. The number of aromatic nitrogens is 1. The van der Waals surface area contributed by atoms with Crippen LogP contribution in [0.4, 0.5) is 0 Å². The molecule has 0 spiro atoms. The average Bonchev–Trinajstić information content (AvgIpc) is 3.09. The molecule has 1 aromatic heterocycles. The molecule has 0 unspecified atom stereocenters. The largest absolute Gasteiger partial charge is 0.507 e. The van der Waals surface area contributed by atoms with Crippen molar-refractivity contribution in [3.8, 4) is 11.5 Å². The summed E-state index contributed by atoms with van der Waals surface area (Å²) in [6.07, 6.45) is 1.62. The molecular formula is C24H20Br2N2O5S. The summed E-state index contributed by atoms with van der Waals surface area (Å²) in [5.74, 6) is 0.146. The fourth-order valence-corrected chi connectivity index (χ4v) is 5.72. The number of ether oxygens (including phenoxy) is 2. The second-order valence-corrected chi connectivity index (χ2v) is 10.2. The van der Waals surface area contributed by atoms with Crippen LogP contribution in [0.15, 0.2) is 66.4 Å². The molecule has 7 nitrogen and oxygen atoms in total. The molecule has 4 rings (SSSR count). The van der Waals surface area contributed by atoms with Crippen LogP contribution in [0, 0.1) is 0 Å². The number of esters is 1. The first-order valence-corrected chi connectivity index (χ1v) is 12.7. The van der Waals surface area contributed by atoms with Crippen LogP contribution >= 0.6 is 43.2 Å². The highest BCUT2D eigenvalue weighted by Gasteiger charge is 2.33. The number of fused-ring (bicyclic) bond motifs is 1. The van der Waals surface area contributed by atoms with Gasteiger partial charge in [-0.1, -0.05) is 33.3 Å². The third kappa shape index (κ3) is 4.49. The molecule has 0 aliphatic carbocycles. The molecule has 10 heteroatoms. The lowest BCUT2D eigenvalue weighted by atomic mass is 9.96. The molecule has 0 saturated heterocycles. The molecule has 2 aromatic carbocycles. The van der Waals surface area contributed by atoms with Crippen molar-refractivity contribution in [1.29, 1.82) is 0 Å². The smallest absolute Gasteiger partial charge is 0.338 e. The van der Waals surface area contributed by atoms with Crippen LogP contribution in [0.25, 0.3) is 6.08 Å². The summed E-state index contributed by atoms with van der Waals surface area (Å²) in [6.45, 7) is 3.66. The average molecular weight is 608 g/mol. The number of halogens is 2. The number of allylic oxidation sites excluding steroid dienone is 1. The van der Waals surface area contributed by atoms with Crippen LogP contribution in [0.1, 0.15) is 31.0 Å². The number of benzene rings is 2. The summed E-state index contributed by atoms with van der Waals surface area (Å²) in [4.78, 5) is 31.6. The van der Waals surface area contributed by atoms with Crippen LogP contribution in [0.3, 0.4) is 0 Å². The van der Waals surface area contributed by atoms with E-state index in [4.69, 9.17) is 9.47 Å². The summed E-state index contributed by atoms with van der Waals surface area (Å²) in [5, 5.41) is 10.2. The topological polar surface area (TPSA) is 90.1 Å². The number of hydrogen-bond donors (Lipinski definition) is 1. The Bertz CT molecular complexity index is 1510. The molecule has 34 heavy (non-hydrogen) atoms. The van der Waals surface area contributed by atoms with Gasteiger partial charge in [0.15, 0.2) is 4.80 Å². The Morgan fingerprint density at radius 1 is 1.26 bits per heavy atom. The first kappa shape index (κ1) is 24.4. The Morgan fingerprint density at radius 3 is 2.71 bits per heavy atom. The van der Waals surface area contributed by atoms with Gasteiger partial charge < -0.3 is 14.6 Å². The van der Waals surface area contributed by atoms with Gasteiger partial charge in [0.25, 0.3) is 5.56 Å². The molecular weight excluding hydrogens is 588 g/mol. The standard InChI is InChI=1S/C24H20Br2N2O5S/c1-4-33-23(31)20-12(2)27-24-28(21(20)13-5-8-18(32-3)16(26)10-13)22(30)19(34-24)11-14-9-15(25)6-7-17(14)29/h5-11,21,29H,4H2,1-3H3/b19-11+/t21-/m1/s1. The monoisotopic (exact) mass is 606 g/mol. The normalized spacial score (nSPS) is 15.7. The predicted molar refractivity (Wildman–Crippen MR) is 137 cm³/mol. The summed E-state index contributed by atoms with van der Waals surface area (Å²) >= 11 is 8.08. The van der Waals surface area contributed by atoms with E-state index in [-0.39, 0.29) is 17.9 Å². The van der Waals surface area contributed by atoms with Gasteiger partial charge in [-0.05, 0) is 71.7 Å². The van der Waals surface area contributed by atoms with Crippen molar-refractivity contribution in [3.63, 3.8) is 0 Å². The van der Waals surface area contributed by atoms with Crippen molar-refractivity contribution in [2.45, 2.75) is 19.9 Å². The van der Waals surface area contributed by atoms with Crippen molar-refractivity contribution in [2.75, 3.05) is 13.7 Å². The van der Waals surface area contributed by atoms with E-state index in [0.717, 1.165) is 4.47 Å². The highest BCUT2D eigenvalue weighted by molar-refractivity contribution is 9.10. The number of carbonyl (C=O) groups excluding carboxylic acids is 1. The maximum atomic E-state index is 13.6. The zero-order valence-corrected chi connectivity index (χ0v) is 22.5. The SMILES string of the molecule is CCOC(=O)C1=C(C)N=c2s/c(=C/c3cc(Br)ccc3O)c(=O)n2[C@@H]1c1ccc(OC)c(Br)c1. The number of methoxy groups -OCH3 is 1. The third-order valence-corrected chi connectivity index (χ3v) is 7.38. The molecule has 1 aliphatic rings. The maximum Gasteiger partial charge on any atom is 0.338 e. The van der Waals surface area contributed by atoms with Crippen LogP contribution in [-0.4, -0.2) is 29.4 Å². The van der Waals surface area contributed by atoms with Crippen molar-refractivity contribution in [2.24, 2.45) is 4.99 Å². The minimum atomic E-state index is -0.740. The van der Waals surface area contributed by atoms with Gasteiger partial charge in [0.05, 0.1) is 40.0 Å². The first-order chi connectivity index (χ1) is 16.2. The number of hydrogen-bond acceptors (Lipinski definition) is 7. The van der Waals surface area contributed by atoms with Crippen LogP contribution in [-0.2, 0) is 9.53 Å². The zero-order chi connectivity index (χ0) is 24.6. The van der Waals surface area contributed by atoms with E-state index < -0.39 is 12.0 Å². The van der Waals surface area contributed by atoms with E-state index in [0.29, 0.717) is 42.0 Å². The van der Waals surface area contributed by atoms with Gasteiger partial charge >= 0.3 is 5.97 Å². The predicted octanol–water partition coefficient (Wildman–Crippen LogP) is 4.04. The number of phenols is 1. The Labute approximate surface area is 215 Å². The van der Waals surface area contributed by atoms with E-state index in [1.807, 2.05) is 12.1 Å². The molecule has 0 bridgehead atoms. The number of thiazole rings is 1. The molecule has 2 heterocycles. The lowest BCUT2D eigenvalue weighted by Crippen LogP contribution is -2.40. The van der Waals surface area contributed by atoms with Crippen LogP contribution in [0.2, 0.25) is 0 Å². The van der Waals surface area contributed by atoms with Gasteiger partial charge in [-0.25, -0.2) is 9.79 Å². The van der Waals surface area contributed by atoms with Gasteiger partial charge in [0.2, 0.25) is 0 Å². The number of aromatic hydroxyl groups is 1. The van der Waals surface area contributed by atoms with Gasteiger partial charge in [0, 0.05) is 10.0 Å². The number of carbonyl (C=O) groups is 1. The summed E-state index contributed by atoms with van der Waals surface area (Å²) in [7, 11) is 1.56. The second-order valence-electron chi connectivity index (χ2n) is 7.40. The highest BCUT2D eigenvalue weighted by atomic mass is 79.9. The van der Waals surface area contributed by atoms with Crippen LogP contribution in [0.5, 0.6) is 11.5 Å². The fourth-order valence-electron chi connectivity index (χ4n) is 3.74. The second kappa shape index (κ2) is 9.89. The molecule has 3 aromatic rings. The van der Waals surface area contributed by atoms with Crippen molar-refractivity contribution < 1.29 is 19.4 Å². The lowest BCUT2D eigenvalue weighted by Gasteiger charge is -2.25. The molecule has 1 atom stereocenters. The van der Waals surface area contributed by atoms with Gasteiger partial charge in [-0.3, -0.25) is 9.36 Å². The minimum absolute atomic E-state index is 0.0491. The Kier molecular flexibility index (Phi) is 7.11. The number of nitrogens with zero attached hydrogens (tertiary/aromatic N) is 2. The Morgan fingerprint density at radius 2 is 2.03 bits per heavy atom. The maximum absolute atomic E-state index is 13.6. The van der Waals surface area contributed by atoms with Crippen molar-refractivity contribution >= 4 is 55.2 Å². The molecule has 176 valence electrons. The molecule has 1 aliphatic heterocycles. The third-order valence-electron chi connectivity index (χ3n) is 5.28. The fraction of sp³-hybridized carbons (Fsp3) is 0.208. The molecule has 0 saturated carbocycles. The summed E-state index contributed by atoms with van der Waals surface area (Å²) < 4.78 is 14.0. The van der Waals surface area contributed by atoms with E-state index in [1.54, 1.807) is 51.3 Å². The number of phenolic OH excluding ortho intramolecular Hbond substituents is 1. The van der Waals surface area contributed by atoms with Gasteiger partial charge in [0.1, 0.15) is 11.5 Å².